The molecule has 0 fully saturated rings. The fourth-order valence-electron chi connectivity index (χ4n) is 2.05. The van der Waals surface area contributed by atoms with E-state index in [0.717, 1.165) is 10.5 Å². The zero-order valence-electron chi connectivity index (χ0n) is 13.9. The first-order chi connectivity index (χ1) is 12.4. The van der Waals surface area contributed by atoms with E-state index >= 15 is 0 Å². The van der Waals surface area contributed by atoms with Crippen molar-refractivity contribution in [2.75, 3.05) is 0 Å². The van der Waals surface area contributed by atoms with Gasteiger partial charge < -0.3 is 0 Å². The molecule has 3 aromatic rings. The van der Waals surface area contributed by atoms with Crippen LogP contribution in [0.1, 0.15) is 5.56 Å². The number of benzene rings is 3. The van der Waals surface area contributed by atoms with Crippen LogP contribution in [-0.2, 0) is 25.2 Å². The summed E-state index contributed by atoms with van der Waals surface area (Å²) in [6, 6.07) is 22.4. The van der Waals surface area contributed by atoms with E-state index in [2.05, 4.69) is 12.6 Å². The molecule has 26 heavy (non-hydrogen) atoms. The molecule has 0 saturated heterocycles. The fourth-order valence-corrected chi connectivity index (χ4v) is 4.82. The van der Waals surface area contributed by atoms with Gasteiger partial charge in [0.2, 0.25) is 4.90 Å². The molecule has 0 aromatic heterocycles. The Morgan fingerprint density at radius 2 is 1.46 bits per heavy atom. The standard InChI is InChI=1S/C19H16O4S3/c1-15-7-13-19(14-8-15)26(20,21)23-25(18-5-3-2-4-6-18)22-16-9-11-17(24)12-10-16/h2-14H,1H3/p+1. The number of hydrogen-bond acceptors (Lipinski definition) is 5. The van der Waals surface area contributed by atoms with Crippen LogP contribution < -0.4 is 4.18 Å². The normalized spacial score (nSPS) is 12.5. The van der Waals surface area contributed by atoms with Gasteiger partial charge in [0.1, 0.15) is 0 Å². The molecule has 0 heterocycles. The highest BCUT2D eigenvalue weighted by molar-refractivity contribution is 8.00. The third-order valence-electron chi connectivity index (χ3n) is 3.41. The first-order valence-electron chi connectivity index (χ1n) is 7.72. The van der Waals surface area contributed by atoms with Gasteiger partial charge in [0, 0.05) is 20.7 Å². The van der Waals surface area contributed by atoms with Crippen molar-refractivity contribution in [2.45, 2.75) is 21.6 Å². The van der Waals surface area contributed by atoms with Gasteiger partial charge in [-0.1, -0.05) is 35.9 Å². The summed E-state index contributed by atoms with van der Waals surface area (Å²) in [4.78, 5) is 1.49. The first kappa shape index (κ1) is 18.8. The van der Waals surface area contributed by atoms with Gasteiger partial charge in [-0.25, -0.2) is 4.18 Å². The Balaban J connectivity index is 1.90. The van der Waals surface area contributed by atoms with Crippen molar-refractivity contribution in [1.29, 1.82) is 0 Å². The second-order valence-electron chi connectivity index (χ2n) is 5.46. The zero-order valence-corrected chi connectivity index (χ0v) is 16.4. The quantitative estimate of drug-likeness (QED) is 0.482. The summed E-state index contributed by atoms with van der Waals surface area (Å²) in [6.45, 7) is 1.89. The SMILES string of the molecule is Cc1ccc(S(=O)(=O)O[S+](Oc2ccc(S)cc2)c2ccccc2)cc1. The summed E-state index contributed by atoms with van der Waals surface area (Å²) in [7, 11) is -3.98. The molecule has 0 radical (unpaired) electrons. The van der Waals surface area contributed by atoms with Gasteiger partial charge >= 0.3 is 21.6 Å². The molecule has 4 nitrogen and oxygen atoms in total. The molecule has 3 aromatic carbocycles. The zero-order chi connectivity index (χ0) is 18.6. The van der Waals surface area contributed by atoms with E-state index in [-0.39, 0.29) is 4.90 Å². The lowest BCUT2D eigenvalue weighted by Crippen LogP contribution is -2.20. The molecule has 3 rings (SSSR count). The molecule has 0 bridgehead atoms. The van der Waals surface area contributed by atoms with Crippen LogP contribution in [-0.4, -0.2) is 8.42 Å². The Morgan fingerprint density at radius 1 is 0.846 bits per heavy atom. The van der Waals surface area contributed by atoms with Crippen molar-refractivity contribution in [3.8, 4) is 5.75 Å². The first-order valence-corrected chi connectivity index (χ1v) is 10.7. The Labute approximate surface area is 162 Å². The molecular weight excluding hydrogens is 388 g/mol. The largest absolute Gasteiger partial charge is 0.423 e. The van der Waals surface area contributed by atoms with Crippen molar-refractivity contribution >= 4 is 34.2 Å². The second kappa shape index (κ2) is 8.18. The van der Waals surface area contributed by atoms with Crippen molar-refractivity contribution in [3.63, 3.8) is 0 Å². The van der Waals surface area contributed by atoms with Crippen molar-refractivity contribution in [3.05, 3.63) is 84.4 Å². The molecule has 0 spiro atoms. The molecular formula is C19H17O4S3+. The van der Waals surface area contributed by atoms with E-state index in [0.29, 0.717) is 10.6 Å². The predicted molar refractivity (Wildman–Crippen MR) is 106 cm³/mol. The van der Waals surface area contributed by atoms with Gasteiger partial charge in [-0.3, -0.25) is 0 Å². The fraction of sp³-hybridized carbons (Fsp3) is 0.0526. The summed E-state index contributed by atoms with van der Waals surface area (Å²) in [5.74, 6) is 0.495. The summed E-state index contributed by atoms with van der Waals surface area (Å²) in [6.07, 6.45) is 0. The molecule has 7 heteroatoms. The molecule has 0 aliphatic rings. The number of rotatable bonds is 6. The minimum absolute atomic E-state index is 0.0887. The van der Waals surface area contributed by atoms with Crippen LogP contribution in [0.4, 0.5) is 0 Å². The lowest BCUT2D eigenvalue weighted by Gasteiger charge is -2.06. The topological polar surface area (TPSA) is 52.6 Å². The maximum Gasteiger partial charge on any atom is 0.423 e. The molecule has 0 aliphatic carbocycles. The number of hydrogen-bond donors (Lipinski definition) is 1. The van der Waals surface area contributed by atoms with Crippen molar-refractivity contribution < 1.29 is 16.2 Å². The van der Waals surface area contributed by atoms with Crippen LogP contribution in [0.5, 0.6) is 5.75 Å². The second-order valence-corrected chi connectivity index (χ2v) is 9.01. The van der Waals surface area contributed by atoms with Crippen LogP contribution in [0.2, 0.25) is 0 Å². The molecule has 0 amide bonds. The Kier molecular flexibility index (Phi) is 5.93. The molecule has 1 unspecified atom stereocenters. The molecule has 134 valence electrons. The minimum Gasteiger partial charge on any atom is -0.243 e. The summed E-state index contributed by atoms with van der Waals surface area (Å²) in [5, 5.41) is 0. The van der Waals surface area contributed by atoms with Crippen molar-refractivity contribution in [1.82, 2.24) is 0 Å². The third kappa shape index (κ3) is 4.82. The smallest absolute Gasteiger partial charge is 0.243 e. The lowest BCUT2D eigenvalue weighted by molar-refractivity contribution is 0.474. The van der Waals surface area contributed by atoms with E-state index in [1.165, 1.54) is 12.1 Å². The average molecular weight is 406 g/mol. The molecule has 0 aliphatic heterocycles. The van der Waals surface area contributed by atoms with E-state index in [4.69, 9.17) is 7.81 Å². The van der Waals surface area contributed by atoms with Crippen molar-refractivity contribution in [2.24, 2.45) is 0 Å². The highest BCUT2D eigenvalue weighted by Gasteiger charge is 2.37. The maximum absolute atomic E-state index is 12.7. The molecule has 0 N–H and O–H groups in total. The third-order valence-corrected chi connectivity index (χ3v) is 6.76. The van der Waals surface area contributed by atoms with Gasteiger partial charge in [0.25, 0.3) is 0 Å². The van der Waals surface area contributed by atoms with Crippen LogP contribution in [0.3, 0.4) is 0 Å². The van der Waals surface area contributed by atoms with Gasteiger partial charge in [0.15, 0.2) is 5.75 Å². The Morgan fingerprint density at radius 3 is 2.08 bits per heavy atom. The summed E-state index contributed by atoms with van der Waals surface area (Å²) >= 11 is 2.80. The monoisotopic (exact) mass is 405 g/mol. The van der Waals surface area contributed by atoms with E-state index < -0.39 is 21.6 Å². The van der Waals surface area contributed by atoms with Gasteiger partial charge in [-0.15, -0.1) is 12.6 Å². The van der Waals surface area contributed by atoms with E-state index in [1.54, 1.807) is 60.7 Å². The number of thiol groups is 1. The Hall–Kier alpha value is -1.93. The Bertz CT molecular complexity index is 954. The van der Waals surface area contributed by atoms with E-state index in [9.17, 15) is 8.42 Å². The minimum atomic E-state index is -3.98. The average Bonchev–Trinajstić information content (AvgIpc) is 2.64. The highest BCUT2D eigenvalue weighted by Crippen LogP contribution is 2.26. The maximum atomic E-state index is 12.7. The van der Waals surface area contributed by atoms with Gasteiger partial charge in [-0.2, -0.15) is 8.42 Å². The molecule has 0 saturated carbocycles. The van der Waals surface area contributed by atoms with Crippen LogP contribution in [0.15, 0.2) is 93.5 Å². The van der Waals surface area contributed by atoms with Gasteiger partial charge in [0.05, 0.1) is 4.90 Å². The number of aryl methyl sites for hydroxylation is 1. The predicted octanol–water partition coefficient (Wildman–Crippen LogP) is 4.58. The van der Waals surface area contributed by atoms with Crippen LogP contribution in [0, 0.1) is 6.92 Å². The van der Waals surface area contributed by atoms with E-state index in [1.807, 2.05) is 13.0 Å². The molecule has 1 atom stereocenters. The highest BCUT2D eigenvalue weighted by atomic mass is 32.3. The lowest BCUT2D eigenvalue weighted by atomic mass is 10.2. The van der Waals surface area contributed by atoms with Crippen LogP contribution >= 0.6 is 12.6 Å². The van der Waals surface area contributed by atoms with Gasteiger partial charge in [-0.05, 0) is 43.3 Å². The summed E-state index contributed by atoms with van der Waals surface area (Å²) < 4.78 is 36.6. The summed E-state index contributed by atoms with van der Waals surface area (Å²) in [5.41, 5.74) is 0.967. The van der Waals surface area contributed by atoms with Crippen LogP contribution in [0.25, 0.3) is 0 Å².